The van der Waals surface area contributed by atoms with Crippen molar-refractivity contribution >= 4 is 46.3 Å². The number of fused-ring (bicyclic) bond motifs is 2. The fourth-order valence-electron chi connectivity index (χ4n) is 2.08. The van der Waals surface area contributed by atoms with Crippen LogP contribution in [0.25, 0.3) is 17.4 Å². The van der Waals surface area contributed by atoms with Crippen molar-refractivity contribution < 1.29 is 15.0 Å². The number of pyridine rings is 1. The van der Waals surface area contributed by atoms with Gasteiger partial charge >= 0.3 is 5.97 Å². The maximum absolute atomic E-state index is 11.0. The molecular weight excluding hydrogens is 298 g/mol. The second-order valence-electron chi connectivity index (χ2n) is 4.17. The van der Waals surface area contributed by atoms with Crippen molar-refractivity contribution in [3.63, 3.8) is 0 Å². The van der Waals surface area contributed by atoms with Crippen LogP contribution in [0.15, 0.2) is 30.5 Å². The number of rotatable bonds is 1. The zero-order chi connectivity index (χ0) is 14.3. The van der Waals surface area contributed by atoms with Gasteiger partial charge in [-0.3, -0.25) is 4.98 Å². The van der Waals surface area contributed by atoms with E-state index < -0.39 is 5.97 Å². The van der Waals surface area contributed by atoms with Gasteiger partial charge in [-0.1, -0.05) is 17.7 Å². The molecule has 0 unspecified atom stereocenters. The molecule has 2 heterocycles. The van der Waals surface area contributed by atoms with E-state index in [9.17, 15) is 9.90 Å². The van der Waals surface area contributed by atoms with Gasteiger partial charge in [0.25, 0.3) is 0 Å². The number of carbonyl (C=O) groups is 1. The van der Waals surface area contributed by atoms with Gasteiger partial charge in [0, 0.05) is 33.5 Å². The minimum Gasteiger partial charge on any atom is -0.505 e. The van der Waals surface area contributed by atoms with Crippen molar-refractivity contribution in [1.82, 2.24) is 4.98 Å². The van der Waals surface area contributed by atoms with Crippen LogP contribution in [0.2, 0.25) is 4.34 Å². The van der Waals surface area contributed by atoms with Crippen LogP contribution >= 0.6 is 22.9 Å². The number of carboxylic acids is 1. The quantitative estimate of drug-likeness (QED) is 0.788. The number of aromatic nitrogens is 1. The van der Waals surface area contributed by atoms with Crippen molar-refractivity contribution in [3.05, 3.63) is 55.8 Å². The molecule has 0 aromatic carbocycles. The Bertz CT molecular complexity index is 867. The number of thiophene rings is 1. The molecule has 100 valence electrons. The third-order valence-corrected chi connectivity index (χ3v) is 4.19. The highest BCUT2D eigenvalue weighted by Gasteiger charge is 2.19. The number of hydrogen-bond donors (Lipinski definition) is 2. The SMILES string of the molecule is O=C(O)C=C1C=c2cccnc2=C(O)c2cc(Cl)sc21. The third-order valence-electron chi connectivity index (χ3n) is 2.87. The van der Waals surface area contributed by atoms with Crippen molar-refractivity contribution in [3.8, 4) is 0 Å². The van der Waals surface area contributed by atoms with Gasteiger partial charge in [0.2, 0.25) is 0 Å². The zero-order valence-electron chi connectivity index (χ0n) is 10.0. The van der Waals surface area contributed by atoms with Crippen LogP contribution < -0.4 is 10.6 Å². The Balaban J connectivity index is 2.46. The summed E-state index contributed by atoms with van der Waals surface area (Å²) in [7, 11) is 0. The molecule has 4 nitrogen and oxygen atoms in total. The lowest BCUT2D eigenvalue weighted by Gasteiger charge is -2.00. The minimum atomic E-state index is -1.06. The molecule has 0 aliphatic heterocycles. The van der Waals surface area contributed by atoms with E-state index in [2.05, 4.69) is 4.98 Å². The van der Waals surface area contributed by atoms with Gasteiger partial charge in [0.15, 0.2) is 5.76 Å². The predicted octanol–water partition coefficient (Wildman–Crippen LogP) is 1.77. The number of aliphatic hydroxyl groups is 1. The molecule has 2 N–H and O–H groups in total. The Morgan fingerprint density at radius 3 is 3.00 bits per heavy atom. The molecule has 1 aliphatic rings. The van der Waals surface area contributed by atoms with E-state index in [1.54, 1.807) is 30.5 Å². The lowest BCUT2D eigenvalue weighted by atomic mass is 10.1. The third kappa shape index (κ3) is 2.11. The number of halogens is 1. The largest absolute Gasteiger partial charge is 0.505 e. The second kappa shape index (κ2) is 4.77. The van der Waals surface area contributed by atoms with Crippen molar-refractivity contribution in [2.24, 2.45) is 0 Å². The molecule has 1 aliphatic carbocycles. The minimum absolute atomic E-state index is 0.00351. The lowest BCUT2D eigenvalue weighted by Crippen LogP contribution is -2.29. The molecular formula is C14H8ClNO3S. The number of aliphatic hydroxyl groups excluding tert-OH is 1. The van der Waals surface area contributed by atoms with Gasteiger partial charge in [-0.05, 0) is 18.2 Å². The number of hydrogen-bond acceptors (Lipinski definition) is 4. The Morgan fingerprint density at radius 1 is 1.45 bits per heavy atom. The molecule has 20 heavy (non-hydrogen) atoms. The van der Waals surface area contributed by atoms with Gasteiger partial charge in [-0.25, -0.2) is 4.79 Å². The van der Waals surface area contributed by atoms with Gasteiger partial charge < -0.3 is 10.2 Å². The number of allylic oxidation sites excluding steroid dienone is 1. The lowest BCUT2D eigenvalue weighted by molar-refractivity contribution is -0.131. The van der Waals surface area contributed by atoms with Gasteiger partial charge in [0.05, 0.1) is 4.34 Å². The van der Waals surface area contributed by atoms with E-state index in [0.29, 0.717) is 30.9 Å². The fraction of sp³-hybridized carbons (Fsp3) is 0. The van der Waals surface area contributed by atoms with Gasteiger partial charge in [-0.2, -0.15) is 0 Å². The molecule has 0 saturated heterocycles. The highest BCUT2D eigenvalue weighted by Crippen LogP contribution is 2.36. The molecule has 0 bridgehead atoms. The van der Waals surface area contributed by atoms with Crippen LogP contribution in [0.3, 0.4) is 0 Å². The molecule has 2 aromatic rings. The summed E-state index contributed by atoms with van der Waals surface area (Å²) in [6.45, 7) is 0. The topological polar surface area (TPSA) is 70.4 Å². The number of aliphatic carboxylic acids is 1. The Hall–Kier alpha value is -2.11. The van der Waals surface area contributed by atoms with Crippen LogP contribution in [0.5, 0.6) is 0 Å². The summed E-state index contributed by atoms with van der Waals surface area (Å²) in [6, 6.07) is 5.12. The Kier molecular flexibility index (Phi) is 3.08. The predicted molar refractivity (Wildman–Crippen MR) is 78.0 cm³/mol. The first-order valence-electron chi connectivity index (χ1n) is 5.67. The van der Waals surface area contributed by atoms with Crippen molar-refractivity contribution in [2.45, 2.75) is 0 Å². The van der Waals surface area contributed by atoms with E-state index in [1.807, 2.05) is 0 Å². The first kappa shape index (κ1) is 12.9. The van der Waals surface area contributed by atoms with E-state index in [0.717, 1.165) is 6.08 Å². The first-order valence-corrected chi connectivity index (χ1v) is 6.86. The molecule has 0 fully saturated rings. The summed E-state index contributed by atoms with van der Waals surface area (Å²) in [6.07, 6.45) is 4.36. The molecule has 0 radical (unpaired) electrons. The average Bonchev–Trinajstić information content (AvgIpc) is 2.75. The van der Waals surface area contributed by atoms with Crippen LogP contribution in [-0.2, 0) is 4.79 Å². The standard InChI is InChI=1S/C14H8ClNO3S/c15-10-6-9-13(19)12-7(2-1-3-16-12)4-8(5-11(17)18)14(9)20-10/h1-6,19H,(H,17,18). The van der Waals surface area contributed by atoms with Crippen molar-refractivity contribution in [1.29, 1.82) is 0 Å². The molecule has 3 rings (SSSR count). The summed E-state index contributed by atoms with van der Waals surface area (Å²) in [5, 5.41) is 20.4. The monoisotopic (exact) mass is 305 g/mol. The Morgan fingerprint density at radius 2 is 2.25 bits per heavy atom. The maximum Gasteiger partial charge on any atom is 0.328 e. The normalized spacial score (nSPS) is 15.2. The number of nitrogens with zero attached hydrogens (tertiary/aromatic N) is 1. The van der Waals surface area contributed by atoms with Crippen LogP contribution in [0.1, 0.15) is 10.4 Å². The highest BCUT2D eigenvalue weighted by atomic mass is 35.5. The molecule has 0 amide bonds. The summed E-state index contributed by atoms with van der Waals surface area (Å²) >= 11 is 7.21. The number of carboxylic acid groups (broad SMARTS) is 1. The smallest absolute Gasteiger partial charge is 0.328 e. The molecule has 0 atom stereocenters. The molecule has 2 aromatic heterocycles. The molecule has 0 saturated carbocycles. The maximum atomic E-state index is 11.0. The molecule has 6 heteroatoms. The van der Waals surface area contributed by atoms with Crippen LogP contribution in [0, 0.1) is 0 Å². The van der Waals surface area contributed by atoms with Gasteiger partial charge in [-0.15, -0.1) is 11.3 Å². The highest BCUT2D eigenvalue weighted by molar-refractivity contribution is 7.17. The first-order chi connectivity index (χ1) is 9.56. The average molecular weight is 306 g/mol. The molecule has 0 spiro atoms. The van der Waals surface area contributed by atoms with Gasteiger partial charge in [0.1, 0.15) is 5.35 Å². The second-order valence-corrected chi connectivity index (χ2v) is 5.85. The van der Waals surface area contributed by atoms with Crippen LogP contribution in [0.4, 0.5) is 0 Å². The van der Waals surface area contributed by atoms with E-state index >= 15 is 0 Å². The summed E-state index contributed by atoms with van der Waals surface area (Å²) < 4.78 is 0.477. The fourth-order valence-corrected chi connectivity index (χ4v) is 3.30. The van der Waals surface area contributed by atoms with E-state index in [4.69, 9.17) is 16.7 Å². The van der Waals surface area contributed by atoms with E-state index in [1.165, 1.54) is 11.3 Å². The Labute approximate surface area is 122 Å². The van der Waals surface area contributed by atoms with E-state index in [-0.39, 0.29) is 5.76 Å². The summed E-state index contributed by atoms with van der Waals surface area (Å²) in [5.41, 5.74) is 0.990. The summed E-state index contributed by atoms with van der Waals surface area (Å²) in [4.78, 5) is 15.7. The zero-order valence-corrected chi connectivity index (χ0v) is 11.6. The van der Waals surface area contributed by atoms with Crippen LogP contribution in [-0.4, -0.2) is 21.2 Å². The summed E-state index contributed by atoms with van der Waals surface area (Å²) in [5.74, 6) is -1.05. The van der Waals surface area contributed by atoms with Crippen molar-refractivity contribution in [2.75, 3.05) is 0 Å².